The number of nitrogens with two attached hydrogens (primary N) is 1. The van der Waals surface area contributed by atoms with Gasteiger partial charge in [0.1, 0.15) is 11.6 Å². The number of benzene rings is 2. The first kappa shape index (κ1) is 15.0. The molecule has 7 heteroatoms. The number of rotatable bonds is 3. The summed E-state index contributed by atoms with van der Waals surface area (Å²) in [4.78, 5) is 0. The molecule has 2 aromatic carbocycles. The van der Waals surface area contributed by atoms with E-state index in [-0.39, 0.29) is 5.69 Å². The SMILES string of the molecule is COc1cc(N)cc(Nc2cc(C(F)(F)F)ccc2F)c1. The summed E-state index contributed by atoms with van der Waals surface area (Å²) in [6.07, 6.45) is -4.54. The van der Waals surface area contributed by atoms with Crippen molar-refractivity contribution in [2.24, 2.45) is 0 Å². The number of anilines is 3. The first-order chi connectivity index (χ1) is 9.79. The molecule has 0 aliphatic heterocycles. The van der Waals surface area contributed by atoms with Gasteiger partial charge in [-0.3, -0.25) is 0 Å². The second kappa shape index (κ2) is 5.51. The Morgan fingerprint density at radius 1 is 1.10 bits per heavy atom. The molecule has 0 saturated carbocycles. The Hall–Kier alpha value is -2.44. The maximum Gasteiger partial charge on any atom is 0.416 e. The highest BCUT2D eigenvalue weighted by atomic mass is 19.4. The first-order valence-corrected chi connectivity index (χ1v) is 5.88. The topological polar surface area (TPSA) is 47.3 Å². The average Bonchev–Trinajstić information content (AvgIpc) is 2.39. The highest BCUT2D eigenvalue weighted by molar-refractivity contribution is 5.67. The van der Waals surface area contributed by atoms with Gasteiger partial charge in [-0.1, -0.05) is 0 Å². The van der Waals surface area contributed by atoms with Crippen molar-refractivity contribution in [3.8, 4) is 5.75 Å². The molecule has 0 saturated heterocycles. The number of halogens is 4. The number of methoxy groups -OCH3 is 1. The van der Waals surface area contributed by atoms with Gasteiger partial charge in [0.05, 0.1) is 18.4 Å². The Bertz CT molecular complexity index is 656. The molecule has 0 radical (unpaired) electrons. The summed E-state index contributed by atoms with van der Waals surface area (Å²) in [5, 5.41) is 2.57. The van der Waals surface area contributed by atoms with Crippen LogP contribution in [0.1, 0.15) is 5.56 Å². The Kier molecular flexibility index (Phi) is 3.93. The smallest absolute Gasteiger partial charge is 0.416 e. The molecular weight excluding hydrogens is 288 g/mol. The lowest BCUT2D eigenvalue weighted by Crippen LogP contribution is -2.06. The number of alkyl halides is 3. The molecule has 0 aliphatic rings. The van der Waals surface area contributed by atoms with Crippen LogP contribution in [0.3, 0.4) is 0 Å². The predicted octanol–water partition coefficient (Wildman–Crippen LogP) is 4.18. The third-order valence-corrected chi connectivity index (χ3v) is 2.74. The summed E-state index contributed by atoms with van der Waals surface area (Å²) < 4.78 is 56.5. The normalized spacial score (nSPS) is 11.3. The molecule has 2 aromatic rings. The maximum atomic E-state index is 13.6. The highest BCUT2D eigenvalue weighted by Crippen LogP contribution is 2.33. The van der Waals surface area contributed by atoms with E-state index in [1.54, 1.807) is 0 Å². The number of ether oxygens (including phenoxy) is 1. The molecule has 0 unspecified atom stereocenters. The molecule has 0 heterocycles. The summed E-state index contributed by atoms with van der Waals surface area (Å²) in [7, 11) is 1.42. The molecule has 0 aliphatic carbocycles. The number of hydrogen-bond donors (Lipinski definition) is 2. The first-order valence-electron chi connectivity index (χ1n) is 5.88. The standard InChI is InChI=1S/C14H12F4N2O/c1-21-11-6-9(19)5-10(7-11)20-13-4-8(14(16,17)18)2-3-12(13)15/h2-7,20H,19H2,1H3. The molecule has 0 amide bonds. The molecule has 0 bridgehead atoms. The van der Waals surface area contributed by atoms with Gasteiger partial charge in [0.15, 0.2) is 0 Å². The zero-order valence-electron chi connectivity index (χ0n) is 11.0. The second-order valence-electron chi connectivity index (χ2n) is 4.31. The zero-order chi connectivity index (χ0) is 15.6. The molecule has 3 N–H and O–H groups in total. The van der Waals surface area contributed by atoms with Crippen molar-refractivity contribution in [2.45, 2.75) is 6.18 Å². The summed E-state index contributed by atoms with van der Waals surface area (Å²) in [6, 6.07) is 6.63. The number of hydrogen-bond acceptors (Lipinski definition) is 3. The van der Waals surface area contributed by atoms with Gasteiger partial charge in [0.25, 0.3) is 0 Å². The van der Waals surface area contributed by atoms with E-state index >= 15 is 0 Å². The Balaban J connectivity index is 2.37. The highest BCUT2D eigenvalue weighted by Gasteiger charge is 2.31. The van der Waals surface area contributed by atoms with Gasteiger partial charge >= 0.3 is 6.18 Å². The van der Waals surface area contributed by atoms with Crippen molar-refractivity contribution in [3.05, 3.63) is 47.8 Å². The minimum atomic E-state index is -4.54. The monoisotopic (exact) mass is 300 g/mol. The van der Waals surface area contributed by atoms with Crippen molar-refractivity contribution in [1.29, 1.82) is 0 Å². The minimum Gasteiger partial charge on any atom is -0.497 e. The van der Waals surface area contributed by atoms with E-state index in [4.69, 9.17) is 10.5 Å². The van der Waals surface area contributed by atoms with Gasteiger partial charge in [-0.05, 0) is 24.3 Å². The van der Waals surface area contributed by atoms with Crippen LogP contribution in [0.2, 0.25) is 0 Å². The molecule has 2 rings (SSSR count). The van der Waals surface area contributed by atoms with Crippen LogP contribution in [0.5, 0.6) is 5.75 Å². The Morgan fingerprint density at radius 2 is 1.81 bits per heavy atom. The van der Waals surface area contributed by atoms with Crippen LogP contribution in [-0.2, 0) is 6.18 Å². The van der Waals surface area contributed by atoms with Gasteiger partial charge in [-0.2, -0.15) is 13.2 Å². The number of nitrogen functional groups attached to an aromatic ring is 1. The lowest BCUT2D eigenvalue weighted by Gasteiger charge is -2.13. The molecule has 112 valence electrons. The molecule has 0 spiro atoms. The van der Waals surface area contributed by atoms with Crippen molar-refractivity contribution in [2.75, 3.05) is 18.2 Å². The van der Waals surface area contributed by atoms with E-state index in [1.807, 2.05) is 0 Å². The minimum absolute atomic E-state index is 0.294. The Labute approximate surface area is 118 Å². The average molecular weight is 300 g/mol. The van der Waals surface area contributed by atoms with Gasteiger partial charge in [0, 0.05) is 23.5 Å². The van der Waals surface area contributed by atoms with Gasteiger partial charge in [0.2, 0.25) is 0 Å². The van der Waals surface area contributed by atoms with Crippen molar-refractivity contribution in [3.63, 3.8) is 0 Å². The van der Waals surface area contributed by atoms with E-state index in [0.717, 1.165) is 6.07 Å². The molecular formula is C14H12F4N2O. The quantitative estimate of drug-likeness (QED) is 0.660. The maximum absolute atomic E-state index is 13.6. The van der Waals surface area contributed by atoms with Gasteiger partial charge in [-0.25, -0.2) is 4.39 Å². The number of nitrogens with one attached hydrogen (secondary N) is 1. The predicted molar refractivity (Wildman–Crippen MR) is 72.1 cm³/mol. The van der Waals surface area contributed by atoms with E-state index < -0.39 is 17.6 Å². The van der Waals surface area contributed by atoms with Crippen molar-refractivity contribution >= 4 is 17.1 Å². The van der Waals surface area contributed by atoms with E-state index in [2.05, 4.69) is 5.32 Å². The van der Waals surface area contributed by atoms with Crippen LogP contribution in [0.25, 0.3) is 0 Å². The van der Waals surface area contributed by atoms with Crippen LogP contribution in [0.4, 0.5) is 34.6 Å². The fourth-order valence-electron chi connectivity index (χ4n) is 1.77. The summed E-state index contributed by atoms with van der Waals surface area (Å²) in [5.74, 6) is -0.394. The molecule has 0 fully saturated rings. The summed E-state index contributed by atoms with van der Waals surface area (Å²) in [5.41, 5.74) is 5.06. The van der Waals surface area contributed by atoms with Gasteiger partial charge in [-0.15, -0.1) is 0 Å². The fourth-order valence-corrected chi connectivity index (χ4v) is 1.77. The zero-order valence-corrected chi connectivity index (χ0v) is 11.0. The molecule has 3 nitrogen and oxygen atoms in total. The van der Waals surface area contributed by atoms with E-state index in [0.29, 0.717) is 29.3 Å². The molecule has 0 atom stereocenters. The molecule has 21 heavy (non-hydrogen) atoms. The largest absolute Gasteiger partial charge is 0.497 e. The van der Waals surface area contributed by atoms with Crippen LogP contribution in [0.15, 0.2) is 36.4 Å². The molecule has 0 aromatic heterocycles. The van der Waals surface area contributed by atoms with E-state index in [1.165, 1.54) is 25.3 Å². The third-order valence-electron chi connectivity index (χ3n) is 2.74. The van der Waals surface area contributed by atoms with Crippen molar-refractivity contribution in [1.82, 2.24) is 0 Å². The Morgan fingerprint density at radius 3 is 2.43 bits per heavy atom. The van der Waals surface area contributed by atoms with Gasteiger partial charge < -0.3 is 15.8 Å². The lowest BCUT2D eigenvalue weighted by molar-refractivity contribution is -0.137. The van der Waals surface area contributed by atoms with Crippen molar-refractivity contribution < 1.29 is 22.3 Å². The second-order valence-corrected chi connectivity index (χ2v) is 4.31. The van der Waals surface area contributed by atoms with E-state index in [9.17, 15) is 17.6 Å². The van der Waals surface area contributed by atoms with Crippen LogP contribution < -0.4 is 15.8 Å². The fraction of sp³-hybridized carbons (Fsp3) is 0.143. The third kappa shape index (κ3) is 3.56. The lowest BCUT2D eigenvalue weighted by atomic mass is 10.1. The summed E-state index contributed by atoms with van der Waals surface area (Å²) in [6.45, 7) is 0. The van der Waals surface area contributed by atoms with Crippen LogP contribution in [0, 0.1) is 5.82 Å². The summed E-state index contributed by atoms with van der Waals surface area (Å²) >= 11 is 0. The van der Waals surface area contributed by atoms with Crippen LogP contribution in [-0.4, -0.2) is 7.11 Å². The van der Waals surface area contributed by atoms with Crippen LogP contribution >= 0.6 is 0 Å².